The quantitative estimate of drug-likeness (QED) is 0.791. The summed E-state index contributed by atoms with van der Waals surface area (Å²) in [5, 5.41) is 3.03. The third-order valence-corrected chi connectivity index (χ3v) is 4.39. The van der Waals surface area contributed by atoms with E-state index in [1.165, 1.54) is 6.08 Å². The summed E-state index contributed by atoms with van der Waals surface area (Å²) in [7, 11) is 4.66. The van der Waals surface area contributed by atoms with Crippen LogP contribution >= 0.6 is 0 Å². The number of para-hydroxylation sites is 1. The molecule has 1 unspecified atom stereocenters. The summed E-state index contributed by atoms with van der Waals surface area (Å²) in [5.74, 6) is 2.24. The second kappa shape index (κ2) is 8.49. The van der Waals surface area contributed by atoms with Gasteiger partial charge in [-0.1, -0.05) is 18.2 Å². The van der Waals surface area contributed by atoms with Crippen molar-refractivity contribution in [2.24, 2.45) is 0 Å². The molecule has 0 radical (unpaired) electrons. The van der Waals surface area contributed by atoms with Gasteiger partial charge in [-0.05, 0) is 29.8 Å². The maximum absolute atomic E-state index is 12.4. The van der Waals surface area contributed by atoms with Crippen LogP contribution in [0.1, 0.15) is 23.6 Å². The molecule has 0 bridgehead atoms. The van der Waals surface area contributed by atoms with E-state index >= 15 is 0 Å². The highest BCUT2D eigenvalue weighted by atomic mass is 16.5. The Labute approximate surface area is 158 Å². The van der Waals surface area contributed by atoms with Crippen LogP contribution < -0.4 is 24.3 Å². The minimum Gasteiger partial charge on any atom is -0.493 e. The summed E-state index contributed by atoms with van der Waals surface area (Å²) in [5.41, 5.74) is 1.77. The average molecular weight is 369 g/mol. The smallest absolute Gasteiger partial charge is 0.244 e. The second-order valence-corrected chi connectivity index (χ2v) is 6.03. The van der Waals surface area contributed by atoms with Crippen molar-refractivity contribution in [1.29, 1.82) is 0 Å². The first kappa shape index (κ1) is 18.6. The molecule has 1 heterocycles. The molecule has 0 aliphatic carbocycles. The molecule has 6 nitrogen and oxygen atoms in total. The van der Waals surface area contributed by atoms with Crippen molar-refractivity contribution in [3.63, 3.8) is 0 Å². The maximum atomic E-state index is 12.4. The topological polar surface area (TPSA) is 66.0 Å². The Bertz CT molecular complexity index is 821. The van der Waals surface area contributed by atoms with Crippen molar-refractivity contribution in [1.82, 2.24) is 5.32 Å². The van der Waals surface area contributed by atoms with Crippen molar-refractivity contribution in [2.75, 3.05) is 27.9 Å². The minimum atomic E-state index is -0.176. The molecular weight excluding hydrogens is 346 g/mol. The number of methoxy groups -OCH3 is 3. The van der Waals surface area contributed by atoms with Gasteiger partial charge >= 0.3 is 0 Å². The van der Waals surface area contributed by atoms with Gasteiger partial charge in [-0.2, -0.15) is 0 Å². The predicted octanol–water partition coefficient (Wildman–Crippen LogP) is 3.37. The molecule has 0 saturated heterocycles. The molecule has 2 aromatic rings. The van der Waals surface area contributed by atoms with Gasteiger partial charge in [0.1, 0.15) is 5.75 Å². The largest absolute Gasteiger partial charge is 0.493 e. The molecule has 1 aliphatic heterocycles. The number of carbonyl (C=O) groups is 1. The Morgan fingerprint density at radius 1 is 1.11 bits per heavy atom. The van der Waals surface area contributed by atoms with Crippen LogP contribution in [0, 0.1) is 0 Å². The number of benzene rings is 2. The van der Waals surface area contributed by atoms with Crippen LogP contribution in [0.25, 0.3) is 6.08 Å². The van der Waals surface area contributed by atoms with E-state index in [4.69, 9.17) is 18.9 Å². The Hall–Kier alpha value is -3.15. The first-order valence-corrected chi connectivity index (χ1v) is 8.66. The summed E-state index contributed by atoms with van der Waals surface area (Å²) >= 11 is 0. The van der Waals surface area contributed by atoms with E-state index in [2.05, 4.69) is 5.32 Å². The maximum Gasteiger partial charge on any atom is 0.244 e. The normalized spacial score (nSPS) is 15.6. The molecule has 0 aromatic heterocycles. The van der Waals surface area contributed by atoms with Crippen molar-refractivity contribution in [3.05, 3.63) is 53.6 Å². The predicted molar refractivity (Wildman–Crippen MR) is 103 cm³/mol. The highest BCUT2D eigenvalue weighted by molar-refractivity contribution is 5.92. The monoisotopic (exact) mass is 369 g/mol. The molecule has 27 heavy (non-hydrogen) atoms. The standard InChI is InChI=1S/C21H23NO5/c1-24-18-12-14(13-19(25-2)21(18)26-3)8-9-20(23)22-16-10-11-27-17-7-5-4-6-15(16)17/h4-9,12-13,16H,10-11H2,1-3H3,(H,22,23)/b9-8+. The van der Waals surface area contributed by atoms with Crippen LogP contribution in [0.5, 0.6) is 23.0 Å². The van der Waals surface area contributed by atoms with Gasteiger partial charge < -0.3 is 24.3 Å². The second-order valence-electron chi connectivity index (χ2n) is 6.03. The highest BCUT2D eigenvalue weighted by Gasteiger charge is 2.21. The molecule has 1 atom stereocenters. The number of carbonyl (C=O) groups excluding carboxylic acids is 1. The molecular formula is C21H23NO5. The Morgan fingerprint density at radius 2 is 1.81 bits per heavy atom. The van der Waals surface area contributed by atoms with Gasteiger partial charge in [-0.15, -0.1) is 0 Å². The highest BCUT2D eigenvalue weighted by Crippen LogP contribution is 2.38. The van der Waals surface area contributed by atoms with Gasteiger partial charge in [0.15, 0.2) is 11.5 Å². The number of hydrogen-bond acceptors (Lipinski definition) is 5. The van der Waals surface area contributed by atoms with E-state index < -0.39 is 0 Å². The Morgan fingerprint density at radius 3 is 2.48 bits per heavy atom. The fourth-order valence-corrected chi connectivity index (χ4v) is 3.08. The van der Waals surface area contributed by atoms with Crippen molar-refractivity contribution in [2.45, 2.75) is 12.5 Å². The number of ether oxygens (including phenoxy) is 4. The van der Waals surface area contributed by atoms with Gasteiger partial charge in [-0.25, -0.2) is 0 Å². The van der Waals surface area contributed by atoms with Gasteiger partial charge in [0, 0.05) is 18.1 Å². The zero-order chi connectivity index (χ0) is 19.2. The summed E-state index contributed by atoms with van der Waals surface area (Å²) in [6, 6.07) is 11.3. The Kier molecular flexibility index (Phi) is 5.86. The number of nitrogens with one attached hydrogen (secondary N) is 1. The molecule has 1 amide bonds. The molecule has 0 saturated carbocycles. The van der Waals surface area contributed by atoms with Crippen LogP contribution in [-0.2, 0) is 4.79 Å². The van der Waals surface area contributed by atoms with Gasteiger partial charge in [0.25, 0.3) is 0 Å². The van der Waals surface area contributed by atoms with Crippen LogP contribution in [0.15, 0.2) is 42.5 Å². The van der Waals surface area contributed by atoms with Gasteiger partial charge in [0.05, 0.1) is 34.0 Å². The first-order valence-electron chi connectivity index (χ1n) is 8.66. The molecule has 0 fully saturated rings. The molecule has 0 spiro atoms. The number of amides is 1. The van der Waals surface area contributed by atoms with Crippen molar-refractivity contribution >= 4 is 12.0 Å². The fourth-order valence-electron chi connectivity index (χ4n) is 3.08. The molecule has 2 aromatic carbocycles. The van der Waals surface area contributed by atoms with Gasteiger partial charge in [-0.3, -0.25) is 4.79 Å². The summed E-state index contributed by atoms with van der Waals surface area (Å²) < 4.78 is 21.6. The first-order chi connectivity index (χ1) is 13.2. The minimum absolute atomic E-state index is 0.0629. The molecule has 3 rings (SSSR count). The number of hydrogen-bond donors (Lipinski definition) is 1. The van der Waals surface area contributed by atoms with Crippen LogP contribution in [-0.4, -0.2) is 33.8 Å². The van der Waals surface area contributed by atoms with E-state index in [-0.39, 0.29) is 11.9 Å². The van der Waals surface area contributed by atoms with E-state index in [1.54, 1.807) is 39.5 Å². The van der Waals surface area contributed by atoms with Gasteiger partial charge in [0.2, 0.25) is 11.7 Å². The lowest BCUT2D eigenvalue weighted by molar-refractivity contribution is -0.117. The van der Waals surface area contributed by atoms with E-state index in [0.717, 1.165) is 23.3 Å². The third kappa shape index (κ3) is 4.16. The number of rotatable bonds is 6. The molecule has 142 valence electrons. The lowest BCUT2D eigenvalue weighted by atomic mass is 10.0. The fraction of sp³-hybridized carbons (Fsp3) is 0.286. The molecule has 1 N–H and O–H groups in total. The average Bonchev–Trinajstić information content (AvgIpc) is 2.71. The molecule has 1 aliphatic rings. The number of fused-ring (bicyclic) bond motifs is 1. The Balaban J connectivity index is 1.74. The van der Waals surface area contributed by atoms with E-state index in [1.807, 2.05) is 24.3 Å². The van der Waals surface area contributed by atoms with Crippen molar-refractivity contribution < 1.29 is 23.7 Å². The zero-order valence-electron chi connectivity index (χ0n) is 15.7. The summed E-state index contributed by atoms with van der Waals surface area (Å²) in [4.78, 5) is 12.4. The molecule has 6 heteroatoms. The summed E-state index contributed by atoms with van der Waals surface area (Å²) in [6.07, 6.45) is 3.95. The third-order valence-electron chi connectivity index (χ3n) is 4.39. The van der Waals surface area contributed by atoms with E-state index in [9.17, 15) is 4.79 Å². The van der Waals surface area contributed by atoms with Crippen molar-refractivity contribution in [3.8, 4) is 23.0 Å². The van der Waals surface area contributed by atoms with Crippen LogP contribution in [0.2, 0.25) is 0 Å². The lowest BCUT2D eigenvalue weighted by Crippen LogP contribution is -2.30. The zero-order valence-corrected chi connectivity index (χ0v) is 15.7. The van der Waals surface area contributed by atoms with Crippen LogP contribution in [0.3, 0.4) is 0 Å². The van der Waals surface area contributed by atoms with E-state index in [0.29, 0.717) is 23.9 Å². The SMILES string of the molecule is COc1cc(/C=C/C(=O)NC2CCOc3ccccc32)cc(OC)c1OC. The lowest BCUT2D eigenvalue weighted by Gasteiger charge is -2.26. The van der Waals surface area contributed by atoms with Crippen LogP contribution in [0.4, 0.5) is 0 Å². The summed E-state index contributed by atoms with van der Waals surface area (Å²) in [6.45, 7) is 0.582.